The quantitative estimate of drug-likeness (QED) is 0.830. The van der Waals surface area contributed by atoms with Crippen LogP contribution < -0.4 is 5.73 Å². The highest BCUT2D eigenvalue weighted by Crippen LogP contribution is 2.29. The Bertz CT molecular complexity index is 611. The number of ether oxygens (including phenoxy) is 1. The van der Waals surface area contributed by atoms with Crippen molar-refractivity contribution in [3.05, 3.63) is 23.2 Å². The number of rotatable bonds is 6. The van der Waals surface area contributed by atoms with E-state index in [1.165, 1.54) is 0 Å². The predicted molar refractivity (Wildman–Crippen MR) is 82.9 cm³/mol. The molecule has 0 bridgehead atoms. The maximum absolute atomic E-state index is 6.01. The fraction of sp³-hybridized carbons (Fsp3) is 0.500. The van der Waals surface area contributed by atoms with Crippen LogP contribution in [0.15, 0.2) is 18.2 Å². The van der Waals surface area contributed by atoms with Crippen molar-refractivity contribution < 1.29 is 4.74 Å². The summed E-state index contributed by atoms with van der Waals surface area (Å²) < 4.78 is 6.92. The van der Waals surface area contributed by atoms with Crippen LogP contribution in [0.25, 0.3) is 11.4 Å². The van der Waals surface area contributed by atoms with Crippen molar-refractivity contribution in [1.82, 2.24) is 20.2 Å². The van der Waals surface area contributed by atoms with Crippen molar-refractivity contribution in [1.29, 1.82) is 0 Å². The van der Waals surface area contributed by atoms with Gasteiger partial charge < -0.3 is 10.5 Å². The Morgan fingerprint density at radius 3 is 2.81 bits per heavy atom. The molecule has 0 saturated carbocycles. The zero-order chi connectivity index (χ0) is 15.5. The van der Waals surface area contributed by atoms with Crippen molar-refractivity contribution in [2.45, 2.75) is 26.8 Å². The highest BCUT2D eigenvalue weighted by molar-refractivity contribution is 6.31. The maximum Gasteiger partial charge on any atom is 0.184 e. The second kappa shape index (κ2) is 6.41. The molecule has 0 saturated heterocycles. The topological polar surface area (TPSA) is 78.8 Å². The minimum Gasteiger partial charge on any atom is -0.398 e. The number of tetrazole rings is 1. The van der Waals surface area contributed by atoms with Crippen molar-refractivity contribution in [3.8, 4) is 11.4 Å². The normalized spacial score (nSPS) is 11.8. The lowest BCUT2D eigenvalue weighted by Crippen LogP contribution is -2.23. The molecule has 2 rings (SSSR count). The molecule has 0 aliphatic heterocycles. The Morgan fingerprint density at radius 1 is 1.38 bits per heavy atom. The van der Waals surface area contributed by atoms with Crippen LogP contribution in [0, 0.1) is 5.41 Å². The number of hydrogen-bond donors (Lipinski definition) is 1. The van der Waals surface area contributed by atoms with E-state index in [9.17, 15) is 0 Å². The average molecular weight is 310 g/mol. The number of nitrogens with zero attached hydrogens (tertiary/aromatic N) is 4. The van der Waals surface area contributed by atoms with Crippen LogP contribution in [0.3, 0.4) is 0 Å². The summed E-state index contributed by atoms with van der Waals surface area (Å²) in [4.78, 5) is 0. The van der Waals surface area contributed by atoms with E-state index in [1.54, 1.807) is 23.9 Å². The smallest absolute Gasteiger partial charge is 0.184 e. The van der Waals surface area contributed by atoms with Gasteiger partial charge in [-0.05, 0) is 40.5 Å². The largest absolute Gasteiger partial charge is 0.398 e. The van der Waals surface area contributed by atoms with Crippen molar-refractivity contribution in [2.75, 3.05) is 19.5 Å². The van der Waals surface area contributed by atoms with E-state index in [1.807, 2.05) is 6.07 Å². The molecule has 7 heteroatoms. The number of halogens is 1. The van der Waals surface area contributed by atoms with E-state index < -0.39 is 0 Å². The minimum absolute atomic E-state index is 0.0152. The van der Waals surface area contributed by atoms with Crippen molar-refractivity contribution in [3.63, 3.8) is 0 Å². The van der Waals surface area contributed by atoms with Gasteiger partial charge in [0.1, 0.15) is 0 Å². The molecule has 0 atom stereocenters. The van der Waals surface area contributed by atoms with Crippen LogP contribution in [-0.4, -0.2) is 33.9 Å². The number of aromatic nitrogens is 4. The maximum atomic E-state index is 6.01. The third kappa shape index (κ3) is 3.92. The summed E-state index contributed by atoms with van der Waals surface area (Å²) >= 11 is 5.93. The molecule has 0 radical (unpaired) electrons. The molecule has 2 aromatic rings. The standard InChI is InChI=1S/C14H20ClN5O/c1-14(2,6-7-21-3)9-20-13(17-18-19-20)11-5-4-10(15)8-12(11)16/h4-5,8H,6-7,9,16H2,1-3H3. The van der Waals surface area contributed by atoms with Gasteiger partial charge in [-0.2, -0.15) is 0 Å². The summed E-state index contributed by atoms with van der Waals surface area (Å²) in [6.45, 7) is 5.69. The molecule has 0 unspecified atom stereocenters. The van der Waals surface area contributed by atoms with Gasteiger partial charge in [-0.3, -0.25) is 0 Å². The highest BCUT2D eigenvalue weighted by atomic mass is 35.5. The van der Waals surface area contributed by atoms with Gasteiger partial charge in [0.15, 0.2) is 5.82 Å². The lowest BCUT2D eigenvalue weighted by Gasteiger charge is -2.24. The van der Waals surface area contributed by atoms with Gasteiger partial charge >= 0.3 is 0 Å². The first-order valence-electron chi connectivity index (χ1n) is 6.73. The van der Waals surface area contributed by atoms with Crippen LogP contribution in [0.2, 0.25) is 5.02 Å². The Hall–Kier alpha value is -1.66. The highest BCUT2D eigenvalue weighted by Gasteiger charge is 2.22. The van der Waals surface area contributed by atoms with E-state index in [-0.39, 0.29) is 5.41 Å². The summed E-state index contributed by atoms with van der Waals surface area (Å²) in [5.41, 5.74) is 7.37. The lowest BCUT2D eigenvalue weighted by atomic mass is 9.89. The molecule has 0 aliphatic rings. The number of nitrogens with two attached hydrogens (primary N) is 1. The van der Waals surface area contributed by atoms with Crippen LogP contribution in [0.4, 0.5) is 5.69 Å². The van der Waals surface area contributed by atoms with Gasteiger partial charge in [0, 0.05) is 30.0 Å². The molecule has 1 aromatic heterocycles. The van der Waals surface area contributed by atoms with Crippen LogP contribution in [0.1, 0.15) is 20.3 Å². The van der Waals surface area contributed by atoms with E-state index in [2.05, 4.69) is 29.4 Å². The van der Waals surface area contributed by atoms with Crippen LogP contribution in [0.5, 0.6) is 0 Å². The molecule has 1 heterocycles. The van der Waals surface area contributed by atoms with Gasteiger partial charge in [0.25, 0.3) is 0 Å². The number of anilines is 1. The number of benzene rings is 1. The Morgan fingerprint density at radius 2 is 2.14 bits per heavy atom. The molecule has 21 heavy (non-hydrogen) atoms. The third-order valence-electron chi connectivity index (χ3n) is 3.35. The summed E-state index contributed by atoms with van der Waals surface area (Å²) in [5.74, 6) is 0.648. The molecular weight excluding hydrogens is 290 g/mol. The number of nitrogen functional groups attached to an aromatic ring is 1. The molecule has 0 fully saturated rings. The van der Waals surface area contributed by atoms with E-state index in [0.29, 0.717) is 29.7 Å². The first-order chi connectivity index (χ1) is 9.93. The second-order valence-electron chi connectivity index (χ2n) is 5.80. The molecular formula is C14H20ClN5O. The minimum atomic E-state index is 0.0152. The Kier molecular flexibility index (Phi) is 4.80. The Labute approximate surface area is 129 Å². The average Bonchev–Trinajstić information content (AvgIpc) is 2.84. The van der Waals surface area contributed by atoms with Gasteiger partial charge in [-0.15, -0.1) is 5.10 Å². The van der Waals surface area contributed by atoms with E-state index >= 15 is 0 Å². The molecule has 2 N–H and O–H groups in total. The first kappa shape index (κ1) is 15.7. The summed E-state index contributed by atoms with van der Waals surface area (Å²) in [6, 6.07) is 5.32. The monoisotopic (exact) mass is 309 g/mol. The SMILES string of the molecule is COCCC(C)(C)Cn1nnnc1-c1ccc(Cl)cc1N. The zero-order valence-corrected chi connectivity index (χ0v) is 13.3. The lowest BCUT2D eigenvalue weighted by molar-refractivity contribution is 0.140. The molecule has 1 aromatic carbocycles. The van der Waals surface area contributed by atoms with Crippen molar-refractivity contribution >= 4 is 17.3 Å². The first-order valence-corrected chi connectivity index (χ1v) is 7.11. The molecule has 0 amide bonds. The van der Waals surface area contributed by atoms with Crippen LogP contribution >= 0.6 is 11.6 Å². The van der Waals surface area contributed by atoms with E-state index in [0.717, 1.165) is 12.0 Å². The van der Waals surface area contributed by atoms with E-state index in [4.69, 9.17) is 22.1 Å². The van der Waals surface area contributed by atoms with Crippen molar-refractivity contribution in [2.24, 2.45) is 5.41 Å². The number of methoxy groups -OCH3 is 1. The van der Waals surface area contributed by atoms with Gasteiger partial charge in [-0.1, -0.05) is 25.4 Å². The second-order valence-corrected chi connectivity index (χ2v) is 6.24. The Balaban J connectivity index is 2.26. The fourth-order valence-corrected chi connectivity index (χ4v) is 2.28. The third-order valence-corrected chi connectivity index (χ3v) is 3.58. The summed E-state index contributed by atoms with van der Waals surface area (Å²) in [6.07, 6.45) is 0.916. The van der Waals surface area contributed by atoms with Crippen LogP contribution in [-0.2, 0) is 11.3 Å². The summed E-state index contributed by atoms with van der Waals surface area (Å²) in [7, 11) is 1.70. The van der Waals surface area contributed by atoms with Gasteiger partial charge in [-0.25, -0.2) is 4.68 Å². The molecule has 0 spiro atoms. The zero-order valence-electron chi connectivity index (χ0n) is 12.5. The van der Waals surface area contributed by atoms with Gasteiger partial charge in [0.2, 0.25) is 0 Å². The molecule has 0 aliphatic carbocycles. The van der Waals surface area contributed by atoms with Gasteiger partial charge in [0.05, 0.1) is 6.54 Å². The fourth-order valence-electron chi connectivity index (χ4n) is 2.10. The number of hydrogen-bond acceptors (Lipinski definition) is 5. The molecule has 6 nitrogen and oxygen atoms in total. The predicted octanol–water partition coefficient (Wildman–Crippen LogP) is 2.64. The summed E-state index contributed by atoms with van der Waals surface area (Å²) in [5, 5.41) is 12.5. The molecule has 114 valence electrons.